The van der Waals surface area contributed by atoms with Crippen molar-refractivity contribution in [1.82, 2.24) is 4.98 Å². The molecule has 0 atom stereocenters. The van der Waals surface area contributed by atoms with Crippen LogP contribution in [0.2, 0.25) is 0 Å². The summed E-state index contributed by atoms with van der Waals surface area (Å²) in [7, 11) is 2.97. The van der Waals surface area contributed by atoms with Crippen LogP contribution < -0.4 is 9.64 Å². The number of aromatic nitrogens is 1. The fourth-order valence-electron chi connectivity index (χ4n) is 4.99. The minimum absolute atomic E-state index is 0.0588. The van der Waals surface area contributed by atoms with Gasteiger partial charge < -0.3 is 24.2 Å². The van der Waals surface area contributed by atoms with Crippen LogP contribution in [-0.4, -0.2) is 55.4 Å². The molecule has 4 rings (SSSR count). The van der Waals surface area contributed by atoms with Crippen molar-refractivity contribution >= 4 is 28.5 Å². The highest BCUT2D eigenvalue weighted by Crippen LogP contribution is 2.36. The van der Waals surface area contributed by atoms with Gasteiger partial charge in [-0.2, -0.15) is 0 Å². The van der Waals surface area contributed by atoms with Crippen molar-refractivity contribution in [2.75, 3.05) is 32.3 Å². The predicted octanol–water partition coefficient (Wildman–Crippen LogP) is 5.69. The van der Waals surface area contributed by atoms with E-state index in [0.29, 0.717) is 24.3 Å². The normalized spacial score (nSPS) is 17.5. The number of anilines is 1. The van der Waals surface area contributed by atoms with Gasteiger partial charge >= 0.3 is 5.97 Å². The molecule has 1 saturated carbocycles. The molecule has 0 bridgehead atoms. The molecule has 0 radical (unpaired) electrons. The third kappa shape index (κ3) is 6.11. The number of carboxylic acids is 1. The fraction of sp³-hybridized carbons (Fsp3) is 0.414. The predicted molar refractivity (Wildman–Crippen MR) is 141 cm³/mol. The number of hydrogen-bond donors (Lipinski definition) is 1. The Labute approximate surface area is 221 Å². The van der Waals surface area contributed by atoms with E-state index in [1.807, 2.05) is 18.2 Å². The lowest BCUT2D eigenvalue weighted by Crippen LogP contribution is -2.49. The lowest BCUT2D eigenvalue weighted by atomic mass is 9.82. The molecule has 202 valence electrons. The van der Waals surface area contributed by atoms with Crippen LogP contribution in [0.25, 0.3) is 10.9 Å². The van der Waals surface area contributed by atoms with E-state index in [-0.39, 0.29) is 47.9 Å². The maximum Gasteiger partial charge on any atom is 0.337 e. The topological polar surface area (TPSA) is 98.2 Å². The number of carboxylic acid groups (broad SMARTS) is 1. The van der Waals surface area contributed by atoms with Gasteiger partial charge in [-0.3, -0.25) is 4.79 Å². The van der Waals surface area contributed by atoms with Crippen LogP contribution in [0.5, 0.6) is 11.6 Å². The number of nitrogens with zero attached hydrogens (tertiary/aromatic N) is 2. The van der Waals surface area contributed by atoms with E-state index < -0.39 is 17.8 Å². The molecular formula is C29H33FN2O6. The average Bonchev–Trinajstić information content (AvgIpc) is 2.90. The van der Waals surface area contributed by atoms with Crippen LogP contribution in [0.1, 0.15) is 43.0 Å². The number of carbonyl (C=O) groups is 2. The molecule has 0 saturated heterocycles. The van der Waals surface area contributed by atoms with Gasteiger partial charge in [0.25, 0.3) is 0 Å². The van der Waals surface area contributed by atoms with Crippen molar-refractivity contribution in [3.05, 3.63) is 59.9 Å². The second-order valence-corrected chi connectivity index (χ2v) is 9.78. The van der Waals surface area contributed by atoms with Crippen LogP contribution in [0.4, 0.5) is 10.1 Å². The van der Waals surface area contributed by atoms with Gasteiger partial charge in [0.1, 0.15) is 0 Å². The molecule has 0 unspecified atom stereocenters. The third-order valence-corrected chi connectivity index (χ3v) is 7.01. The van der Waals surface area contributed by atoms with E-state index >= 15 is 4.39 Å². The second kappa shape index (κ2) is 12.3. The van der Waals surface area contributed by atoms with Crippen molar-refractivity contribution in [1.29, 1.82) is 0 Å². The van der Waals surface area contributed by atoms with Crippen molar-refractivity contribution in [2.45, 2.75) is 38.6 Å². The first kappa shape index (κ1) is 27.5. The molecule has 1 amide bonds. The van der Waals surface area contributed by atoms with E-state index in [4.69, 9.17) is 14.2 Å². The SMILES string of the molecule is COCC(COC)N(C(=O)C1CCC(C)CC1)c1cc(F)c(Oc2ccc3ccccc3n2)cc1C(=O)O. The molecule has 0 spiro atoms. The number of amides is 1. The number of hydrogen-bond acceptors (Lipinski definition) is 6. The maximum absolute atomic E-state index is 15.5. The molecule has 0 aliphatic heterocycles. The number of benzene rings is 2. The molecular weight excluding hydrogens is 491 g/mol. The highest BCUT2D eigenvalue weighted by Gasteiger charge is 2.36. The Balaban J connectivity index is 1.75. The Kier molecular flexibility index (Phi) is 8.91. The standard InChI is InChI=1S/C29H33FN2O6/c1-18-8-10-20(11-9-18)28(33)32(21(16-36-2)17-37-3)25-15-23(30)26(14-22(25)29(34)35)38-27-13-12-19-6-4-5-7-24(19)31-27/h4-7,12-15,18,20-21H,8-11,16-17H2,1-3H3,(H,34,35). The first-order chi connectivity index (χ1) is 18.3. The summed E-state index contributed by atoms with van der Waals surface area (Å²) >= 11 is 0. The molecule has 9 heteroatoms. The lowest BCUT2D eigenvalue weighted by Gasteiger charge is -2.36. The third-order valence-electron chi connectivity index (χ3n) is 7.01. The Morgan fingerprint density at radius 1 is 1.05 bits per heavy atom. The summed E-state index contributed by atoms with van der Waals surface area (Å²) in [4.78, 5) is 32.0. The number of ether oxygens (including phenoxy) is 3. The molecule has 1 N–H and O–H groups in total. The number of halogens is 1. The summed E-state index contributed by atoms with van der Waals surface area (Å²) in [5.41, 5.74) is 0.328. The summed E-state index contributed by atoms with van der Waals surface area (Å²) in [6, 6.07) is 12.3. The van der Waals surface area contributed by atoms with E-state index in [1.54, 1.807) is 18.2 Å². The molecule has 1 aliphatic rings. The molecule has 2 aromatic carbocycles. The van der Waals surface area contributed by atoms with Crippen molar-refractivity contribution in [3.63, 3.8) is 0 Å². The van der Waals surface area contributed by atoms with E-state index in [0.717, 1.165) is 30.4 Å². The number of carbonyl (C=O) groups excluding carboxylic acids is 1. The largest absolute Gasteiger partial charge is 0.478 e. The Morgan fingerprint density at radius 2 is 1.74 bits per heavy atom. The van der Waals surface area contributed by atoms with E-state index in [9.17, 15) is 14.7 Å². The van der Waals surface area contributed by atoms with Crippen molar-refractivity contribution < 1.29 is 33.3 Å². The number of rotatable bonds is 10. The van der Waals surface area contributed by atoms with Gasteiger partial charge in [0.2, 0.25) is 11.8 Å². The van der Waals surface area contributed by atoms with Gasteiger partial charge in [-0.05, 0) is 43.7 Å². The van der Waals surface area contributed by atoms with E-state index in [2.05, 4.69) is 11.9 Å². The van der Waals surface area contributed by atoms with E-state index in [1.165, 1.54) is 19.1 Å². The Hall–Kier alpha value is -3.56. The summed E-state index contributed by atoms with van der Waals surface area (Å²) in [5, 5.41) is 11.0. The maximum atomic E-state index is 15.5. The first-order valence-electron chi connectivity index (χ1n) is 12.7. The fourth-order valence-corrected chi connectivity index (χ4v) is 4.99. The van der Waals surface area contributed by atoms with Crippen molar-refractivity contribution in [2.24, 2.45) is 11.8 Å². The average molecular weight is 525 g/mol. The first-order valence-corrected chi connectivity index (χ1v) is 12.7. The quantitative estimate of drug-likeness (QED) is 0.364. The van der Waals surface area contributed by atoms with Crippen LogP contribution in [0, 0.1) is 17.7 Å². The molecule has 8 nitrogen and oxygen atoms in total. The molecule has 1 fully saturated rings. The summed E-state index contributed by atoms with van der Waals surface area (Å²) in [6.07, 6.45) is 3.16. The molecule has 1 aliphatic carbocycles. The van der Waals surface area contributed by atoms with Gasteiger partial charge in [0.05, 0.1) is 36.0 Å². The highest BCUT2D eigenvalue weighted by atomic mass is 19.1. The zero-order valence-corrected chi connectivity index (χ0v) is 21.9. The number of methoxy groups -OCH3 is 2. The smallest absolute Gasteiger partial charge is 0.337 e. The Bertz CT molecular complexity index is 1290. The molecule has 38 heavy (non-hydrogen) atoms. The summed E-state index contributed by atoms with van der Waals surface area (Å²) in [6.45, 7) is 2.32. The minimum atomic E-state index is -1.32. The monoisotopic (exact) mass is 524 g/mol. The van der Waals surface area contributed by atoms with Gasteiger partial charge in [0, 0.05) is 43.7 Å². The zero-order valence-electron chi connectivity index (χ0n) is 21.9. The number of pyridine rings is 1. The summed E-state index contributed by atoms with van der Waals surface area (Å²) < 4.78 is 31.9. The van der Waals surface area contributed by atoms with Crippen LogP contribution in [0.15, 0.2) is 48.5 Å². The highest BCUT2D eigenvalue weighted by molar-refractivity contribution is 6.03. The molecule has 3 aromatic rings. The van der Waals surface area contributed by atoms with Crippen molar-refractivity contribution in [3.8, 4) is 11.6 Å². The lowest BCUT2D eigenvalue weighted by molar-refractivity contribution is -0.124. The number of fused-ring (bicyclic) bond motifs is 1. The molecule has 1 aromatic heterocycles. The number of para-hydroxylation sites is 1. The zero-order chi connectivity index (χ0) is 27.2. The Morgan fingerprint density at radius 3 is 2.39 bits per heavy atom. The van der Waals surface area contributed by atoms with Crippen LogP contribution in [0.3, 0.4) is 0 Å². The van der Waals surface area contributed by atoms with Gasteiger partial charge in [0.15, 0.2) is 11.6 Å². The minimum Gasteiger partial charge on any atom is -0.478 e. The number of aromatic carboxylic acids is 1. The van der Waals surface area contributed by atoms with Gasteiger partial charge in [-0.25, -0.2) is 14.2 Å². The van der Waals surface area contributed by atoms with Crippen LogP contribution in [-0.2, 0) is 14.3 Å². The van der Waals surface area contributed by atoms with Gasteiger partial charge in [-0.1, -0.05) is 25.1 Å². The van der Waals surface area contributed by atoms with Crippen LogP contribution >= 0.6 is 0 Å². The summed E-state index contributed by atoms with van der Waals surface area (Å²) in [5.74, 6) is -2.36. The second-order valence-electron chi connectivity index (χ2n) is 9.78. The van der Waals surface area contributed by atoms with Gasteiger partial charge in [-0.15, -0.1) is 0 Å². The molecule has 1 heterocycles.